The molecule has 0 saturated heterocycles. The zero-order valence-electron chi connectivity index (χ0n) is 13.1. The van der Waals surface area contributed by atoms with E-state index >= 15 is 0 Å². The Morgan fingerprint density at radius 1 is 1.43 bits per heavy atom. The van der Waals surface area contributed by atoms with Crippen LogP contribution in [0.15, 0.2) is 34.9 Å². The molecule has 0 radical (unpaired) electrons. The summed E-state index contributed by atoms with van der Waals surface area (Å²) in [6.45, 7) is 2.07. The predicted octanol–water partition coefficient (Wildman–Crippen LogP) is 2.05. The van der Waals surface area contributed by atoms with E-state index in [0.29, 0.717) is 30.1 Å². The van der Waals surface area contributed by atoms with Crippen molar-refractivity contribution >= 4 is 6.03 Å². The van der Waals surface area contributed by atoms with E-state index in [2.05, 4.69) is 10.3 Å². The number of halogens is 1. The molecule has 2 rings (SSSR count). The smallest absolute Gasteiger partial charge is 0.317 e. The average molecular weight is 321 g/mol. The molecule has 2 N–H and O–H groups in total. The topological polar surface area (TPSA) is 78.6 Å². The van der Waals surface area contributed by atoms with Crippen LogP contribution in [0.4, 0.5) is 9.18 Å². The molecule has 0 aliphatic rings. The minimum Gasteiger partial charge on any atom is -0.444 e. The van der Waals surface area contributed by atoms with E-state index < -0.39 is 0 Å². The van der Waals surface area contributed by atoms with E-state index in [4.69, 9.17) is 9.52 Å². The highest BCUT2D eigenvalue weighted by Gasteiger charge is 2.14. The minimum atomic E-state index is -0.315. The summed E-state index contributed by atoms with van der Waals surface area (Å²) in [6.07, 6.45) is 2.03. The highest BCUT2D eigenvalue weighted by Crippen LogP contribution is 2.18. The lowest BCUT2D eigenvalue weighted by molar-refractivity contribution is 0.157. The van der Waals surface area contributed by atoms with E-state index in [1.807, 2.05) is 0 Å². The van der Waals surface area contributed by atoms with E-state index in [1.165, 1.54) is 23.3 Å². The van der Waals surface area contributed by atoms with Crippen LogP contribution in [0, 0.1) is 5.82 Å². The van der Waals surface area contributed by atoms with E-state index in [1.54, 1.807) is 26.1 Å². The number of aromatic nitrogens is 1. The van der Waals surface area contributed by atoms with Crippen molar-refractivity contribution in [3.8, 4) is 11.5 Å². The van der Waals surface area contributed by atoms with E-state index in [-0.39, 0.29) is 24.5 Å². The summed E-state index contributed by atoms with van der Waals surface area (Å²) in [4.78, 5) is 17.6. The zero-order valence-corrected chi connectivity index (χ0v) is 13.1. The molecule has 1 heterocycles. The Bertz CT molecular complexity index is 642. The molecule has 1 aromatic carbocycles. The summed E-state index contributed by atoms with van der Waals surface area (Å²) >= 11 is 0. The molecule has 0 bridgehead atoms. The number of oxazole rings is 1. The van der Waals surface area contributed by atoms with Gasteiger partial charge < -0.3 is 19.7 Å². The Kier molecular flexibility index (Phi) is 5.70. The van der Waals surface area contributed by atoms with Crippen LogP contribution in [0.3, 0.4) is 0 Å². The first-order chi connectivity index (χ1) is 11.0. The van der Waals surface area contributed by atoms with Gasteiger partial charge in [-0.3, -0.25) is 0 Å². The summed E-state index contributed by atoms with van der Waals surface area (Å²) in [7, 11) is 1.62. The summed E-state index contributed by atoms with van der Waals surface area (Å²) in [5.41, 5.74) is 1.39. The molecule has 23 heavy (non-hydrogen) atoms. The SMILES string of the molecule is CC(CO)N(C)C(=O)NCCc1coc(-c2ccc(F)cc2)n1. The monoisotopic (exact) mass is 321 g/mol. The number of nitrogens with one attached hydrogen (secondary N) is 1. The molecule has 0 aliphatic heterocycles. The number of likely N-dealkylation sites (N-methyl/N-ethyl adjacent to an activating group) is 1. The Morgan fingerprint density at radius 3 is 2.78 bits per heavy atom. The van der Waals surface area contributed by atoms with Crippen molar-refractivity contribution in [3.05, 3.63) is 42.0 Å². The van der Waals surface area contributed by atoms with Gasteiger partial charge in [0, 0.05) is 25.6 Å². The van der Waals surface area contributed by atoms with Gasteiger partial charge in [-0.15, -0.1) is 0 Å². The molecule has 2 aromatic rings. The van der Waals surface area contributed by atoms with Crippen LogP contribution in [-0.4, -0.2) is 47.3 Å². The maximum Gasteiger partial charge on any atom is 0.317 e. The third-order valence-corrected chi connectivity index (χ3v) is 3.55. The van der Waals surface area contributed by atoms with Gasteiger partial charge in [0.15, 0.2) is 0 Å². The Hall–Kier alpha value is -2.41. The van der Waals surface area contributed by atoms with Crippen LogP contribution in [0.2, 0.25) is 0 Å². The van der Waals surface area contributed by atoms with E-state index in [0.717, 1.165) is 0 Å². The third-order valence-electron chi connectivity index (χ3n) is 3.55. The van der Waals surface area contributed by atoms with Crippen molar-refractivity contribution in [3.63, 3.8) is 0 Å². The van der Waals surface area contributed by atoms with Crippen molar-refractivity contribution in [2.45, 2.75) is 19.4 Å². The van der Waals surface area contributed by atoms with Crippen LogP contribution < -0.4 is 5.32 Å². The molecule has 0 fully saturated rings. The Balaban J connectivity index is 1.85. The first-order valence-corrected chi connectivity index (χ1v) is 7.33. The molecule has 0 spiro atoms. The lowest BCUT2D eigenvalue weighted by Crippen LogP contribution is -2.44. The zero-order chi connectivity index (χ0) is 16.8. The van der Waals surface area contributed by atoms with Gasteiger partial charge in [-0.1, -0.05) is 0 Å². The fourth-order valence-corrected chi connectivity index (χ4v) is 1.89. The first-order valence-electron chi connectivity index (χ1n) is 7.33. The van der Waals surface area contributed by atoms with Gasteiger partial charge in [0.1, 0.15) is 12.1 Å². The van der Waals surface area contributed by atoms with Crippen molar-refractivity contribution in [2.24, 2.45) is 0 Å². The number of amides is 2. The number of hydrogen-bond donors (Lipinski definition) is 2. The lowest BCUT2D eigenvalue weighted by atomic mass is 10.2. The summed E-state index contributed by atoms with van der Waals surface area (Å²) < 4.78 is 18.2. The molecule has 0 aliphatic carbocycles. The predicted molar refractivity (Wildman–Crippen MR) is 83.3 cm³/mol. The van der Waals surface area contributed by atoms with Gasteiger partial charge in [-0.2, -0.15) is 0 Å². The van der Waals surface area contributed by atoms with Crippen LogP contribution >= 0.6 is 0 Å². The fourth-order valence-electron chi connectivity index (χ4n) is 1.89. The standard InChI is InChI=1S/C16H20FN3O3/c1-11(9-21)20(2)16(22)18-8-7-14-10-23-15(19-14)12-3-5-13(17)6-4-12/h3-6,10-11,21H,7-9H2,1-2H3,(H,18,22). The number of benzene rings is 1. The number of nitrogens with zero attached hydrogens (tertiary/aromatic N) is 2. The van der Waals surface area contributed by atoms with Crippen LogP contribution in [0.1, 0.15) is 12.6 Å². The maximum atomic E-state index is 12.9. The van der Waals surface area contributed by atoms with Crippen molar-refractivity contribution in [1.82, 2.24) is 15.2 Å². The molecular weight excluding hydrogens is 301 g/mol. The first kappa shape index (κ1) is 17.0. The Morgan fingerprint density at radius 2 is 2.13 bits per heavy atom. The molecule has 124 valence electrons. The highest BCUT2D eigenvalue weighted by atomic mass is 19.1. The number of carbonyl (C=O) groups excluding carboxylic acids is 1. The average Bonchev–Trinajstić information content (AvgIpc) is 3.02. The lowest BCUT2D eigenvalue weighted by Gasteiger charge is -2.23. The molecule has 6 nitrogen and oxygen atoms in total. The van der Waals surface area contributed by atoms with Gasteiger partial charge in [-0.25, -0.2) is 14.2 Å². The molecule has 0 saturated carbocycles. The van der Waals surface area contributed by atoms with Gasteiger partial charge in [0.2, 0.25) is 5.89 Å². The van der Waals surface area contributed by atoms with Crippen molar-refractivity contribution < 1.29 is 18.7 Å². The molecule has 1 unspecified atom stereocenters. The number of aliphatic hydroxyl groups excluding tert-OH is 1. The number of carbonyl (C=O) groups is 1. The van der Waals surface area contributed by atoms with Crippen LogP contribution in [-0.2, 0) is 6.42 Å². The summed E-state index contributed by atoms with van der Waals surface area (Å²) in [5, 5.41) is 11.8. The Labute approximate surface area is 133 Å². The third kappa shape index (κ3) is 4.53. The normalized spacial score (nSPS) is 12.0. The van der Waals surface area contributed by atoms with Crippen molar-refractivity contribution in [2.75, 3.05) is 20.2 Å². The van der Waals surface area contributed by atoms with Gasteiger partial charge in [-0.05, 0) is 31.2 Å². The largest absolute Gasteiger partial charge is 0.444 e. The van der Waals surface area contributed by atoms with E-state index in [9.17, 15) is 9.18 Å². The second-order valence-electron chi connectivity index (χ2n) is 5.28. The minimum absolute atomic E-state index is 0.0891. The van der Waals surface area contributed by atoms with Crippen LogP contribution in [0.25, 0.3) is 11.5 Å². The number of aliphatic hydroxyl groups is 1. The highest BCUT2D eigenvalue weighted by molar-refractivity contribution is 5.74. The second kappa shape index (κ2) is 7.73. The molecule has 7 heteroatoms. The van der Waals surface area contributed by atoms with Crippen LogP contribution in [0.5, 0.6) is 0 Å². The van der Waals surface area contributed by atoms with Gasteiger partial charge >= 0.3 is 6.03 Å². The second-order valence-corrected chi connectivity index (χ2v) is 5.28. The number of hydrogen-bond acceptors (Lipinski definition) is 4. The quantitative estimate of drug-likeness (QED) is 0.853. The summed E-state index contributed by atoms with van der Waals surface area (Å²) in [5.74, 6) is 0.0989. The molecular formula is C16H20FN3O3. The number of rotatable bonds is 6. The summed E-state index contributed by atoms with van der Waals surface area (Å²) in [6, 6.07) is 5.38. The van der Waals surface area contributed by atoms with Gasteiger partial charge in [0.25, 0.3) is 0 Å². The number of urea groups is 1. The fraction of sp³-hybridized carbons (Fsp3) is 0.375. The molecule has 1 atom stereocenters. The maximum absolute atomic E-state index is 12.9. The van der Waals surface area contributed by atoms with Gasteiger partial charge in [0.05, 0.1) is 18.3 Å². The molecule has 2 amide bonds. The van der Waals surface area contributed by atoms with Crippen molar-refractivity contribution in [1.29, 1.82) is 0 Å². The molecule has 1 aromatic heterocycles.